The van der Waals surface area contributed by atoms with Crippen molar-refractivity contribution in [2.45, 2.75) is 26.3 Å². The third-order valence-corrected chi connectivity index (χ3v) is 5.74. The number of carboxylic acids is 1. The minimum Gasteiger partial charge on any atom is -0.481 e. The molecule has 9 nitrogen and oxygen atoms in total. The van der Waals surface area contributed by atoms with Gasteiger partial charge in [-0.1, -0.05) is 54.0 Å². The Morgan fingerprint density at radius 2 is 1.94 bits per heavy atom. The Balaban J connectivity index is 1.33. The lowest BCUT2D eigenvalue weighted by atomic mass is 9.99. The molecule has 33 heavy (non-hydrogen) atoms. The number of hydrogen-bond acceptors (Lipinski definition) is 8. The second-order valence-electron chi connectivity index (χ2n) is 8.15. The van der Waals surface area contributed by atoms with E-state index in [1.54, 1.807) is 6.20 Å². The number of aliphatic carboxylic acids is 1. The smallest absolute Gasteiger partial charge is 0.309 e. The predicted octanol–water partition coefficient (Wildman–Crippen LogP) is 3.92. The van der Waals surface area contributed by atoms with Gasteiger partial charge in [0.25, 0.3) is 5.89 Å². The van der Waals surface area contributed by atoms with Crippen LogP contribution in [0.2, 0.25) is 0 Å². The maximum Gasteiger partial charge on any atom is 0.309 e. The Bertz CT molecular complexity index is 1240. The van der Waals surface area contributed by atoms with E-state index in [1.807, 2.05) is 42.5 Å². The van der Waals surface area contributed by atoms with E-state index in [1.165, 1.54) is 0 Å². The summed E-state index contributed by atoms with van der Waals surface area (Å²) >= 11 is 0. The van der Waals surface area contributed by atoms with Crippen LogP contribution in [-0.2, 0) is 17.8 Å². The molecule has 0 amide bonds. The molecule has 1 aromatic carbocycles. The van der Waals surface area contributed by atoms with Gasteiger partial charge in [-0.2, -0.15) is 4.98 Å². The van der Waals surface area contributed by atoms with E-state index in [4.69, 9.17) is 14.2 Å². The molecule has 168 valence electrons. The molecule has 5 rings (SSSR count). The summed E-state index contributed by atoms with van der Waals surface area (Å²) in [6.07, 6.45) is 3.37. The number of carbonyl (C=O) groups is 1. The molecule has 0 unspecified atom stereocenters. The van der Waals surface area contributed by atoms with E-state index in [2.05, 4.69) is 32.1 Å². The Morgan fingerprint density at radius 1 is 1.12 bits per heavy atom. The van der Waals surface area contributed by atoms with Gasteiger partial charge in [-0.15, -0.1) is 0 Å². The van der Waals surface area contributed by atoms with Gasteiger partial charge in [0.2, 0.25) is 11.6 Å². The zero-order chi connectivity index (χ0) is 22.8. The Hall–Kier alpha value is -3.85. The normalized spacial score (nSPS) is 14.3. The number of carboxylic acid groups (broad SMARTS) is 1. The molecule has 1 aliphatic heterocycles. The highest BCUT2D eigenvalue weighted by molar-refractivity contribution is 5.71. The summed E-state index contributed by atoms with van der Waals surface area (Å²) in [7, 11) is 0. The zero-order valence-electron chi connectivity index (χ0n) is 18.1. The zero-order valence-corrected chi connectivity index (χ0v) is 18.1. The van der Waals surface area contributed by atoms with E-state index >= 15 is 0 Å². The number of hydrogen-bond donors (Lipinski definition) is 1. The topological polar surface area (TPSA) is 118 Å². The van der Waals surface area contributed by atoms with Crippen molar-refractivity contribution in [1.82, 2.24) is 25.2 Å². The third kappa shape index (κ3) is 4.27. The van der Waals surface area contributed by atoms with Gasteiger partial charge in [-0.05, 0) is 24.1 Å². The second kappa shape index (κ2) is 8.95. The predicted molar refractivity (Wildman–Crippen MR) is 119 cm³/mol. The standard InChI is InChI=1S/C24H23N5O4/c1-2-5-18-20(19-6-3-4-11-25-19)27-32-21(18)23-26-22(28-33-23)16-9-7-15(8-10-16)12-29-13-17(14-29)24(30)31/h3-4,6-11,17H,2,5,12-14H2,1H3,(H,30,31). The van der Waals surface area contributed by atoms with Crippen LogP contribution in [0.3, 0.4) is 0 Å². The summed E-state index contributed by atoms with van der Waals surface area (Å²) < 4.78 is 11.1. The lowest BCUT2D eigenvalue weighted by Gasteiger charge is -2.36. The third-order valence-electron chi connectivity index (χ3n) is 5.74. The first kappa shape index (κ1) is 21.0. The lowest BCUT2D eigenvalue weighted by molar-refractivity contribution is -0.147. The van der Waals surface area contributed by atoms with Gasteiger partial charge in [0, 0.05) is 37.0 Å². The molecular weight excluding hydrogens is 422 g/mol. The Kier molecular flexibility index (Phi) is 5.70. The molecule has 1 fully saturated rings. The van der Waals surface area contributed by atoms with Crippen LogP contribution in [0, 0.1) is 5.92 Å². The van der Waals surface area contributed by atoms with Crippen molar-refractivity contribution in [2.24, 2.45) is 5.92 Å². The summed E-state index contributed by atoms with van der Waals surface area (Å²) in [6, 6.07) is 13.5. The quantitative estimate of drug-likeness (QED) is 0.430. The minimum absolute atomic E-state index is 0.256. The molecule has 0 bridgehead atoms. The molecule has 4 aromatic rings. The number of nitrogens with zero attached hydrogens (tertiary/aromatic N) is 5. The van der Waals surface area contributed by atoms with E-state index in [0.29, 0.717) is 30.4 Å². The number of likely N-dealkylation sites (tertiary alicyclic amines) is 1. The van der Waals surface area contributed by atoms with Gasteiger partial charge < -0.3 is 14.2 Å². The summed E-state index contributed by atoms with van der Waals surface area (Å²) in [5, 5.41) is 17.4. The van der Waals surface area contributed by atoms with Crippen molar-refractivity contribution in [3.05, 3.63) is 59.8 Å². The van der Waals surface area contributed by atoms with Gasteiger partial charge in [0.05, 0.1) is 11.6 Å². The molecule has 3 aromatic heterocycles. The minimum atomic E-state index is -0.726. The fraction of sp³-hybridized carbons (Fsp3) is 0.292. The van der Waals surface area contributed by atoms with Crippen LogP contribution in [0.25, 0.3) is 34.4 Å². The molecule has 1 N–H and O–H groups in total. The Labute approximate surface area is 190 Å². The number of rotatable bonds is 8. The van der Waals surface area contributed by atoms with Crippen molar-refractivity contribution in [3.63, 3.8) is 0 Å². The molecule has 0 aliphatic carbocycles. The fourth-order valence-electron chi connectivity index (χ4n) is 3.97. The highest BCUT2D eigenvalue weighted by atomic mass is 16.5. The Morgan fingerprint density at radius 3 is 2.64 bits per heavy atom. The largest absolute Gasteiger partial charge is 0.481 e. The van der Waals surface area contributed by atoms with Crippen LogP contribution in [-0.4, -0.2) is 49.3 Å². The van der Waals surface area contributed by atoms with Crippen LogP contribution in [0.1, 0.15) is 24.5 Å². The highest BCUT2D eigenvalue weighted by Crippen LogP contribution is 2.32. The van der Waals surface area contributed by atoms with E-state index in [0.717, 1.165) is 41.8 Å². The van der Waals surface area contributed by atoms with Gasteiger partial charge in [0.15, 0.2) is 0 Å². The summed E-state index contributed by atoms with van der Waals surface area (Å²) in [5.74, 6) is 0.236. The first-order valence-electron chi connectivity index (χ1n) is 10.9. The van der Waals surface area contributed by atoms with Crippen molar-refractivity contribution >= 4 is 5.97 Å². The maximum absolute atomic E-state index is 11.0. The van der Waals surface area contributed by atoms with Crippen molar-refractivity contribution in [3.8, 4) is 34.4 Å². The lowest BCUT2D eigenvalue weighted by Crippen LogP contribution is -2.49. The summed E-state index contributed by atoms with van der Waals surface area (Å²) in [6.45, 7) is 3.98. The SMILES string of the molecule is CCCc1c(-c2ccccn2)noc1-c1nc(-c2ccc(CN3CC(C(=O)O)C3)cc2)no1. The average Bonchev–Trinajstić information content (AvgIpc) is 3.44. The molecule has 9 heteroatoms. The molecule has 1 saturated heterocycles. The molecular formula is C24H23N5O4. The van der Waals surface area contributed by atoms with Crippen LogP contribution in [0.5, 0.6) is 0 Å². The van der Waals surface area contributed by atoms with Crippen LogP contribution < -0.4 is 0 Å². The fourth-order valence-corrected chi connectivity index (χ4v) is 3.97. The van der Waals surface area contributed by atoms with Gasteiger partial charge in [-0.3, -0.25) is 14.7 Å². The number of pyridine rings is 1. The average molecular weight is 445 g/mol. The molecule has 4 heterocycles. The van der Waals surface area contributed by atoms with E-state index < -0.39 is 5.97 Å². The second-order valence-corrected chi connectivity index (χ2v) is 8.15. The summed E-state index contributed by atoms with van der Waals surface area (Å²) in [5.41, 5.74) is 4.25. The number of benzene rings is 1. The van der Waals surface area contributed by atoms with Crippen molar-refractivity contribution in [2.75, 3.05) is 13.1 Å². The van der Waals surface area contributed by atoms with Crippen LogP contribution in [0.15, 0.2) is 57.7 Å². The van der Waals surface area contributed by atoms with Crippen LogP contribution >= 0.6 is 0 Å². The first-order chi connectivity index (χ1) is 16.1. The van der Waals surface area contributed by atoms with Gasteiger partial charge in [-0.25, -0.2) is 0 Å². The van der Waals surface area contributed by atoms with E-state index in [9.17, 15) is 4.79 Å². The van der Waals surface area contributed by atoms with Gasteiger partial charge >= 0.3 is 5.97 Å². The molecule has 0 atom stereocenters. The number of aromatic nitrogens is 4. The maximum atomic E-state index is 11.0. The van der Waals surface area contributed by atoms with Gasteiger partial charge in [0.1, 0.15) is 5.69 Å². The summed E-state index contributed by atoms with van der Waals surface area (Å²) in [4.78, 5) is 22.0. The first-order valence-corrected chi connectivity index (χ1v) is 10.9. The van der Waals surface area contributed by atoms with Crippen molar-refractivity contribution < 1.29 is 18.9 Å². The highest BCUT2D eigenvalue weighted by Gasteiger charge is 2.32. The molecule has 0 spiro atoms. The molecule has 1 aliphatic rings. The monoisotopic (exact) mass is 445 g/mol. The van der Waals surface area contributed by atoms with Crippen LogP contribution in [0.4, 0.5) is 0 Å². The van der Waals surface area contributed by atoms with E-state index in [-0.39, 0.29) is 11.8 Å². The molecule has 0 saturated carbocycles. The van der Waals surface area contributed by atoms with Crippen molar-refractivity contribution in [1.29, 1.82) is 0 Å². The molecule has 0 radical (unpaired) electrons.